The zero-order chi connectivity index (χ0) is 15.1. The second-order valence-electron chi connectivity index (χ2n) is 4.33. The minimum absolute atomic E-state index is 0.0801. The zero-order valence-corrected chi connectivity index (χ0v) is 12.2. The van der Waals surface area contributed by atoms with Crippen LogP contribution in [0.1, 0.15) is 5.56 Å². The van der Waals surface area contributed by atoms with Gasteiger partial charge in [0.15, 0.2) is 0 Å². The van der Waals surface area contributed by atoms with E-state index in [4.69, 9.17) is 40.4 Å². The number of nitrogens with two attached hydrogens (primary N) is 3. The van der Waals surface area contributed by atoms with Crippen molar-refractivity contribution in [1.29, 1.82) is 0 Å². The van der Waals surface area contributed by atoms with E-state index in [-0.39, 0.29) is 18.3 Å². The van der Waals surface area contributed by atoms with Crippen molar-refractivity contribution in [2.75, 3.05) is 11.5 Å². The molecule has 2 heterocycles. The first-order valence-electron chi connectivity index (χ1n) is 5.97. The van der Waals surface area contributed by atoms with Crippen LogP contribution in [-0.4, -0.2) is 19.6 Å². The summed E-state index contributed by atoms with van der Waals surface area (Å²) in [5.74, 6) is 0.687. The molecule has 0 radical (unpaired) electrons. The fourth-order valence-corrected chi connectivity index (χ4v) is 2.57. The lowest BCUT2D eigenvalue weighted by atomic mass is 10.1. The molecule has 0 amide bonds. The van der Waals surface area contributed by atoms with Gasteiger partial charge in [0, 0.05) is 22.7 Å². The number of nitrogens with zero attached hydrogens (tertiary/aromatic N) is 4. The number of anilines is 2. The van der Waals surface area contributed by atoms with Gasteiger partial charge >= 0.3 is 0 Å². The molecule has 6 N–H and O–H groups in total. The molecule has 108 valence electrons. The van der Waals surface area contributed by atoms with Crippen molar-refractivity contribution in [3.05, 3.63) is 33.8 Å². The molecule has 0 saturated heterocycles. The molecule has 0 aliphatic heterocycles. The normalized spacial score (nSPS) is 11.2. The lowest BCUT2D eigenvalue weighted by molar-refractivity contribution is 0.923. The molecule has 0 aliphatic rings. The van der Waals surface area contributed by atoms with E-state index in [0.717, 1.165) is 0 Å². The highest BCUT2D eigenvalue weighted by molar-refractivity contribution is 6.36. The highest BCUT2D eigenvalue weighted by Gasteiger charge is 2.18. The average molecular weight is 324 g/mol. The SMILES string of the molecule is NCc1c(-c2ccc(Cl)cc2Cl)nc2nc(N)nn2c1N. The van der Waals surface area contributed by atoms with E-state index in [2.05, 4.69) is 15.1 Å². The summed E-state index contributed by atoms with van der Waals surface area (Å²) in [4.78, 5) is 8.42. The molecule has 0 spiro atoms. The summed E-state index contributed by atoms with van der Waals surface area (Å²) in [5, 5.41) is 4.95. The highest BCUT2D eigenvalue weighted by Crippen LogP contribution is 2.33. The average Bonchev–Trinajstić information content (AvgIpc) is 2.80. The standard InChI is InChI=1S/C12H11Cl2N7/c13-5-1-2-6(8(14)3-5)9-7(4-15)10(16)21-12(18-9)19-11(17)20-21/h1-3H,4,15-16H2,(H2,17,20). The molecule has 1 aromatic carbocycles. The van der Waals surface area contributed by atoms with Crippen LogP contribution < -0.4 is 17.2 Å². The molecule has 21 heavy (non-hydrogen) atoms. The van der Waals surface area contributed by atoms with Crippen molar-refractivity contribution in [1.82, 2.24) is 19.6 Å². The lowest BCUT2D eigenvalue weighted by Gasteiger charge is -2.12. The molecule has 0 fully saturated rings. The molecule has 3 aromatic rings. The number of halogens is 2. The van der Waals surface area contributed by atoms with Crippen LogP contribution >= 0.6 is 23.2 Å². The number of rotatable bonds is 2. The molecule has 2 aromatic heterocycles. The van der Waals surface area contributed by atoms with Gasteiger partial charge in [-0.2, -0.15) is 9.50 Å². The third-order valence-corrected chi connectivity index (χ3v) is 3.58. The molecular weight excluding hydrogens is 313 g/mol. The first-order valence-corrected chi connectivity index (χ1v) is 6.73. The van der Waals surface area contributed by atoms with Crippen molar-refractivity contribution in [2.45, 2.75) is 6.54 Å². The fraction of sp³-hybridized carbons (Fsp3) is 0.0833. The van der Waals surface area contributed by atoms with Gasteiger partial charge in [-0.3, -0.25) is 0 Å². The fourth-order valence-electron chi connectivity index (χ4n) is 2.08. The van der Waals surface area contributed by atoms with Crippen molar-refractivity contribution in [3.63, 3.8) is 0 Å². The Bertz CT molecular complexity index is 843. The maximum absolute atomic E-state index is 6.23. The van der Waals surface area contributed by atoms with Gasteiger partial charge < -0.3 is 17.2 Å². The first-order chi connectivity index (χ1) is 10.0. The Morgan fingerprint density at radius 1 is 1.14 bits per heavy atom. The van der Waals surface area contributed by atoms with E-state index < -0.39 is 0 Å². The second-order valence-corrected chi connectivity index (χ2v) is 5.18. The van der Waals surface area contributed by atoms with Crippen LogP contribution in [0, 0.1) is 0 Å². The minimum Gasteiger partial charge on any atom is -0.383 e. The van der Waals surface area contributed by atoms with E-state index >= 15 is 0 Å². The van der Waals surface area contributed by atoms with Crippen LogP contribution in [0.3, 0.4) is 0 Å². The van der Waals surface area contributed by atoms with Gasteiger partial charge in [-0.25, -0.2) is 4.98 Å². The highest BCUT2D eigenvalue weighted by atomic mass is 35.5. The van der Waals surface area contributed by atoms with Crippen LogP contribution in [0.4, 0.5) is 11.8 Å². The van der Waals surface area contributed by atoms with Crippen LogP contribution in [0.5, 0.6) is 0 Å². The first kappa shape index (κ1) is 13.9. The van der Waals surface area contributed by atoms with Crippen molar-refractivity contribution >= 4 is 40.7 Å². The van der Waals surface area contributed by atoms with Gasteiger partial charge in [0.1, 0.15) is 5.82 Å². The maximum Gasteiger partial charge on any atom is 0.256 e. The topological polar surface area (TPSA) is 121 Å². The molecule has 3 rings (SSSR count). The van der Waals surface area contributed by atoms with Crippen LogP contribution in [0.15, 0.2) is 18.2 Å². The monoisotopic (exact) mass is 323 g/mol. The number of benzene rings is 1. The van der Waals surface area contributed by atoms with Crippen molar-refractivity contribution in [3.8, 4) is 11.3 Å². The Morgan fingerprint density at radius 2 is 1.90 bits per heavy atom. The maximum atomic E-state index is 6.23. The van der Waals surface area contributed by atoms with Crippen LogP contribution in [0.2, 0.25) is 10.0 Å². The summed E-state index contributed by atoms with van der Waals surface area (Å²) in [6, 6.07) is 5.09. The molecule has 9 heteroatoms. The second kappa shape index (κ2) is 5.03. The van der Waals surface area contributed by atoms with E-state index in [9.17, 15) is 0 Å². The lowest BCUT2D eigenvalue weighted by Crippen LogP contribution is -2.11. The molecule has 0 aliphatic carbocycles. The summed E-state index contributed by atoms with van der Waals surface area (Å²) in [6.07, 6.45) is 0. The van der Waals surface area contributed by atoms with E-state index in [1.165, 1.54) is 4.52 Å². The van der Waals surface area contributed by atoms with Gasteiger partial charge in [0.25, 0.3) is 5.78 Å². The molecule has 0 saturated carbocycles. The van der Waals surface area contributed by atoms with E-state index in [1.54, 1.807) is 18.2 Å². The molecular formula is C12H11Cl2N7. The number of hydrogen-bond donors (Lipinski definition) is 3. The summed E-state index contributed by atoms with van der Waals surface area (Å²) in [5.41, 5.74) is 19.2. The molecule has 7 nitrogen and oxygen atoms in total. The zero-order valence-electron chi connectivity index (χ0n) is 10.7. The van der Waals surface area contributed by atoms with Crippen molar-refractivity contribution < 1.29 is 0 Å². The summed E-state index contributed by atoms with van der Waals surface area (Å²) in [7, 11) is 0. The van der Waals surface area contributed by atoms with E-state index in [0.29, 0.717) is 32.7 Å². The third-order valence-electron chi connectivity index (χ3n) is 3.03. The Kier molecular flexibility index (Phi) is 3.32. The largest absolute Gasteiger partial charge is 0.383 e. The summed E-state index contributed by atoms with van der Waals surface area (Å²) in [6.45, 7) is 0.169. The van der Waals surface area contributed by atoms with Gasteiger partial charge in [0.05, 0.1) is 10.7 Å². The van der Waals surface area contributed by atoms with E-state index in [1.807, 2.05) is 0 Å². The van der Waals surface area contributed by atoms with Gasteiger partial charge in [0.2, 0.25) is 5.95 Å². The summed E-state index contributed by atoms with van der Waals surface area (Å²) >= 11 is 12.1. The Labute approximate surface area is 129 Å². The molecule has 0 unspecified atom stereocenters. The van der Waals surface area contributed by atoms with Gasteiger partial charge in [-0.15, -0.1) is 5.10 Å². The number of nitrogen functional groups attached to an aromatic ring is 2. The number of fused-ring (bicyclic) bond motifs is 1. The van der Waals surface area contributed by atoms with Crippen LogP contribution in [-0.2, 0) is 6.54 Å². The third kappa shape index (κ3) is 2.25. The predicted octanol–water partition coefficient (Wildman–Crippen LogP) is 1.72. The quantitative estimate of drug-likeness (QED) is 0.660. The van der Waals surface area contributed by atoms with Crippen molar-refractivity contribution in [2.24, 2.45) is 5.73 Å². The Morgan fingerprint density at radius 3 is 2.57 bits per heavy atom. The Hall–Kier alpha value is -2.09. The smallest absolute Gasteiger partial charge is 0.256 e. The molecule has 0 bridgehead atoms. The minimum atomic E-state index is 0.0801. The van der Waals surface area contributed by atoms with Crippen LogP contribution in [0.25, 0.3) is 17.0 Å². The number of aromatic nitrogens is 4. The number of hydrogen-bond acceptors (Lipinski definition) is 6. The molecule has 0 atom stereocenters. The predicted molar refractivity (Wildman–Crippen MR) is 83.0 cm³/mol. The van der Waals surface area contributed by atoms with Gasteiger partial charge in [-0.1, -0.05) is 23.2 Å². The summed E-state index contributed by atoms with van der Waals surface area (Å²) < 4.78 is 1.35. The van der Waals surface area contributed by atoms with Gasteiger partial charge in [-0.05, 0) is 18.2 Å². The Balaban J connectivity index is 2.35.